The lowest BCUT2D eigenvalue weighted by molar-refractivity contribution is 0.155. The van der Waals surface area contributed by atoms with Crippen molar-refractivity contribution in [1.29, 1.82) is 0 Å². The van der Waals surface area contributed by atoms with Crippen molar-refractivity contribution in [2.24, 2.45) is 11.7 Å². The lowest BCUT2D eigenvalue weighted by Crippen LogP contribution is -2.47. The first kappa shape index (κ1) is 15.0. The van der Waals surface area contributed by atoms with Gasteiger partial charge >= 0.3 is 0 Å². The fraction of sp³-hybridized carbons (Fsp3) is 1.00. The zero-order valence-electron chi connectivity index (χ0n) is 12.1. The lowest BCUT2D eigenvalue weighted by Gasteiger charge is -2.35. The first-order valence-electron chi connectivity index (χ1n) is 7.64. The number of rotatable bonds is 7. The maximum atomic E-state index is 6.30. The van der Waals surface area contributed by atoms with E-state index in [9.17, 15) is 0 Å². The molecule has 2 heteroatoms. The van der Waals surface area contributed by atoms with Gasteiger partial charge < -0.3 is 10.6 Å². The summed E-state index contributed by atoms with van der Waals surface area (Å²) in [5.41, 5.74) is 6.30. The van der Waals surface area contributed by atoms with Crippen molar-refractivity contribution in [3.63, 3.8) is 0 Å². The average molecular weight is 240 g/mol. The van der Waals surface area contributed by atoms with Gasteiger partial charge in [0.25, 0.3) is 0 Å². The first-order valence-corrected chi connectivity index (χ1v) is 7.64. The normalized spacial score (nSPS) is 21.7. The van der Waals surface area contributed by atoms with Gasteiger partial charge in [0.05, 0.1) is 0 Å². The Morgan fingerprint density at radius 3 is 2.35 bits per heavy atom. The minimum atomic E-state index is 0.360. The predicted molar refractivity (Wildman–Crippen MR) is 76.2 cm³/mol. The van der Waals surface area contributed by atoms with Gasteiger partial charge in [0.15, 0.2) is 0 Å². The molecule has 1 aliphatic carbocycles. The minimum Gasteiger partial charge on any atom is -0.326 e. The first-order chi connectivity index (χ1) is 8.19. The molecule has 2 atom stereocenters. The fourth-order valence-electron chi connectivity index (χ4n) is 3.38. The molecule has 17 heavy (non-hydrogen) atoms. The summed E-state index contributed by atoms with van der Waals surface area (Å²) in [6.07, 6.45) is 10.7. The van der Waals surface area contributed by atoms with Gasteiger partial charge in [0, 0.05) is 18.6 Å². The smallest absolute Gasteiger partial charge is 0.0241 e. The van der Waals surface area contributed by atoms with Gasteiger partial charge in [-0.25, -0.2) is 0 Å². The van der Waals surface area contributed by atoms with Gasteiger partial charge in [0.2, 0.25) is 0 Å². The fourth-order valence-corrected chi connectivity index (χ4v) is 3.38. The number of nitrogens with zero attached hydrogens (tertiary/aromatic N) is 1. The summed E-state index contributed by atoms with van der Waals surface area (Å²) in [6, 6.07) is 0.940. The summed E-state index contributed by atoms with van der Waals surface area (Å²) in [5.74, 6) is 0.927. The predicted octanol–water partition coefficient (Wildman–Crippen LogP) is 3.40. The largest absolute Gasteiger partial charge is 0.326 e. The zero-order chi connectivity index (χ0) is 12.7. The maximum Gasteiger partial charge on any atom is 0.0241 e. The molecule has 1 saturated carbocycles. The zero-order valence-corrected chi connectivity index (χ0v) is 12.1. The summed E-state index contributed by atoms with van der Waals surface area (Å²) in [6.45, 7) is 5.77. The van der Waals surface area contributed by atoms with E-state index >= 15 is 0 Å². The van der Waals surface area contributed by atoms with E-state index in [1.807, 2.05) is 0 Å². The number of hydrogen-bond donors (Lipinski definition) is 1. The summed E-state index contributed by atoms with van der Waals surface area (Å²) in [5, 5.41) is 0. The van der Waals surface area contributed by atoms with Crippen LogP contribution in [0.3, 0.4) is 0 Å². The molecule has 0 aromatic rings. The van der Waals surface area contributed by atoms with Crippen molar-refractivity contribution in [3.05, 3.63) is 0 Å². The molecule has 0 bridgehead atoms. The van der Waals surface area contributed by atoms with Crippen molar-refractivity contribution in [3.8, 4) is 0 Å². The third-order valence-corrected chi connectivity index (χ3v) is 4.37. The van der Waals surface area contributed by atoms with Gasteiger partial charge in [-0.15, -0.1) is 0 Å². The average Bonchev–Trinajstić information content (AvgIpc) is 2.31. The maximum absolute atomic E-state index is 6.30. The van der Waals surface area contributed by atoms with E-state index in [0.29, 0.717) is 12.1 Å². The van der Waals surface area contributed by atoms with Gasteiger partial charge in [-0.1, -0.05) is 39.5 Å². The van der Waals surface area contributed by atoms with Crippen LogP contribution in [-0.2, 0) is 0 Å². The third-order valence-electron chi connectivity index (χ3n) is 4.37. The molecule has 0 aromatic heterocycles. The number of nitrogens with two attached hydrogens (primary N) is 1. The molecule has 0 heterocycles. The van der Waals surface area contributed by atoms with Crippen LogP contribution in [0.5, 0.6) is 0 Å². The van der Waals surface area contributed by atoms with Crippen LogP contribution in [0.2, 0.25) is 0 Å². The van der Waals surface area contributed by atoms with Crippen LogP contribution >= 0.6 is 0 Å². The monoisotopic (exact) mass is 240 g/mol. The van der Waals surface area contributed by atoms with Crippen molar-refractivity contribution < 1.29 is 0 Å². The molecule has 2 N–H and O–H groups in total. The van der Waals surface area contributed by atoms with Crippen molar-refractivity contribution in [2.75, 3.05) is 13.6 Å². The second kappa shape index (κ2) is 8.10. The molecule has 0 amide bonds. The number of hydrogen-bond acceptors (Lipinski definition) is 2. The Balaban J connectivity index is 2.38. The minimum absolute atomic E-state index is 0.360. The molecular formula is C15H32N2. The van der Waals surface area contributed by atoms with E-state index in [-0.39, 0.29) is 0 Å². The highest BCUT2D eigenvalue weighted by atomic mass is 15.1. The standard InChI is InChI=1S/C15H32N2/c1-4-9-14(16)15(5-2)17(3)12-13-10-7-6-8-11-13/h13-15H,4-12,16H2,1-3H3. The number of likely N-dealkylation sites (N-methyl/N-ethyl adjacent to an activating group) is 1. The Kier molecular flexibility index (Phi) is 7.14. The van der Waals surface area contributed by atoms with Crippen LogP contribution in [0.1, 0.15) is 65.2 Å². The molecule has 1 rings (SSSR count). The topological polar surface area (TPSA) is 29.3 Å². The quantitative estimate of drug-likeness (QED) is 0.739. The van der Waals surface area contributed by atoms with Crippen LogP contribution in [0.25, 0.3) is 0 Å². The van der Waals surface area contributed by atoms with E-state index < -0.39 is 0 Å². The summed E-state index contributed by atoms with van der Waals surface area (Å²) >= 11 is 0. The Bertz CT molecular complexity index is 187. The van der Waals surface area contributed by atoms with Gasteiger partial charge in [-0.05, 0) is 38.6 Å². The van der Waals surface area contributed by atoms with Gasteiger partial charge in [-0.3, -0.25) is 0 Å². The van der Waals surface area contributed by atoms with Crippen molar-refractivity contribution in [2.45, 2.75) is 77.3 Å². The molecule has 0 radical (unpaired) electrons. The Morgan fingerprint density at radius 2 is 1.82 bits per heavy atom. The summed E-state index contributed by atoms with van der Waals surface area (Å²) in [7, 11) is 2.28. The molecule has 2 nitrogen and oxygen atoms in total. The lowest BCUT2D eigenvalue weighted by atomic mass is 9.88. The molecule has 0 saturated heterocycles. The summed E-state index contributed by atoms with van der Waals surface area (Å²) in [4.78, 5) is 2.54. The molecule has 2 unspecified atom stereocenters. The highest BCUT2D eigenvalue weighted by Gasteiger charge is 2.23. The van der Waals surface area contributed by atoms with Gasteiger partial charge in [-0.2, -0.15) is 0 Å². The molecular weight excluding hydrogens is 208 g/mol. The molecule has 0 aliphatic heterocycles. The Hall–Kier alpha value is -0.0800. The second-order valence-electron chi connectivity index (χ2n) is 5.87. The molecule has 1 aliphatic rings. The molecule has 0 aromatic carbocycles. The van der Waals surface area contributed by atoms with E-state index in [4.69, 9.17) is 5.73 Å². The molecule has 0 spiro atoms. The van der Waals surface area contributed by atoms with Crippen molar-refractivity contribution >= 4 is 0 Å². The van der Waals surface area contributed by atoms with E-state index in [1.54, 1.807) is 0 Å². The van der Waals surface area contributed by atoms with E-state index in [2.05, 4.69) is 25.8 Å². The van der Waals surface area contributed by atoms with Crippen molar-refractivity contribution in [1.82, 2.24) is 4.90 Å². The van der Waals surface area contributed by atoms with Crippen LogP contribution in [-0.4, -0.2) is 30.6 Å². The van der Waals surface area contributed by atoms with E-state index in [0.717, 1.165) is 12.3 Å². The Morgan fingerprint density at radius 1 is 1.18 bits per heavy atom. The third kappa shape index (κ3) is 4.97. The highest BCUT2D eigenvalue weighted by molar-refractivity contribution is 4.81. The molecule has 102 valence electrons. The SMILES string of the molecule is CCCC(N)C(CC)N(C)CC1CCCCC1. The van der Waals surface area contributed by atoms with Crippen LogP contribution in [0, 0.1) is 5.92 Å². The Labute approximate surface area is 108 Å². The molecule has 1 fully saturated rings. The van der Waals surface area contributed by atoms with Gasteiger partial charge in [0.1, 0.15) is 0 Å². The van der Waals surface area contributed by atoms with E-state index in [1.165, 1.54) is 51.5 Å². The van der Waals surface area contributed by atoms with Crippen LogP contribution in [0.4, 0.5) is 0 Å². The second-order valence-corrected chi connectivity index (χ2v) is 5.87. The van der Waals surface area contributed by atoms with Crippen LogP contribution in [0.15, 0.2) is 0 Å². The van der Waals surface area contributed by atoms with Crippen LogP contribution < -0.4 is 5.73 Å². The highest BCUT2D eigenvalue weighted by Crippen LogP contribution is 2.25. The summed E-state index contributed by atoms with van der Waals surface area (Å²) < 4.78 is 0.